The van der Waals surface area contributed by atoms with E-state index in [4.69, 9.17) is 38.4 Å². The molecule has 0 spiro atoms. The molecule has 3 N–H and O–H groups in total. The average Bonchev–Trinajstić information content (AvgIpc) is 3.10. The maximum absolute atomic E-state index is 13.3. The van der Waals surface area contributed by atoms with Crippen LogP contribution in [0, 0.1) is 0 Å². The number of esters is 2. The Morgan fingerprint density at radius 3 is 2.25 bits per heavy atom. The Labute approximate surface area is 300 Å². The third-order valence-corrected chi connectivity index (χ3v) is 9.71. The highest BCUT2D eigenvalue weighted by Gasteiger charge is 2.25. The van der Waals surface area contributed by atoms with Crippen LogP contribution in [0.4, 0.5) is 5.69 Å². The lowest BCUT2D eigenvalue weighted by molar-refractivity contribution is -0.146. The molecule has 1 saturated carbocycles. The first-order valence-electron chi connectivity index (χ1n) is 16.2. The van der Waals surface area contributed by atoms with Gasteiger partial charge in [-0.05, 0) is 66.4 Å². The molecule has 1 aliphatic carbocycles. The van der Waals surface area contributed by atoms with E-state index in [1.54, 1.807) is 48.5 Å². The molecule has 4 aromatic carbocycles. The van der Waals surface area contributed by atoms with Gasteiger partial charge in [0.25, 0.3) is 0 Å². The summed E-state index contributed by atoms with van der Waals surface area (Å²) in [7, 11) is 0. The molecule has 0 saturated heterocycles. The molecule has 7 nitrogen and oxygen atoms in total. The molecule has 0 radical (unpaired) electrons. The van der Waals surface area contributed by atoms with E-state index >= 15 is 0 Å². The number of carbonyl (C=O) groups excluding carboxylic acids is 2. The van der Waals surface area contributed by atoms with Crippen molar-refractivity contribution in [3.8, 4) is 0 Å². The number of carbonyl (C=O) groups is 2. The fourth-order valence-corrected chi connectivity index (χ4v) is 7.08. The number of hydrogen-bond acceptors (Lipinski definition) is 7. The fraction of sp³-hybridized carbons (Fsp3) is 0.316. The van der Waals surface area contributed by atoms with Crippen LogP contribution in [0.2, 0.25) is 10.0 Å². The van der Waals surface area contributed by atoms with Crippen LogP contribution in [0.5, 0.6) is 0 Å². The quantitative estimate of drug-likeness (QED) is 0.104. The Bertz CT molecular complexity index is 1660. The predicted octanol–water partition coefficient (Wildman–Crippen LogP) is 9.62. The summed E-state index contributed by atoms with van der Waals surface area (Å²) in [6.07, 6.45) is 5.32. The second-order valence-corrected chi connectivity index (χ2v) is 13.7. The van der Waals surface area contributed by atoms with Crippen molar-refractivity contribution < 1.29 is 19.1 Å². The van der Waals surface area contributed by atoms with E-state index in [2.05, 4.69) is 39.1 Å². The topological polar surface area (TPSA) is 93.9 Å². The molecule has 1 aliphatic rings. The number of rotatable bonds is 13. The van der Waals surface area contributed by atoms with Crippen molar-refractivity contribution in [2.24, 2.45) is 5.73 Å². The van der Waals surface area contributed by atoms with Crippen molar-refractivity contribution in [1.29, 1.82) is 0 Å². The van der Waals surface area contributed by atoms with Gasteiger partial charge in [0, 0.05) is 22.6 Å². The molecule has 48 heavy (non-hydrogen) atoms. The minimum absolute atomic E-state index is 0.0197. The molecule has 5 rings (SSSR count). The molecule has 4 aromatic rings. The summed E-state index contributed by atoms with van der Waals surface area (Å²) < 4.78 is 12.2. The first kappa shape index (κ1) is 35.9. The smallest absolute Gasteiger partial charge is 0.339 e. The summed E-state index contributed by atoms with van der Waals surface area (Å²) in [6.45, 7) is 3.94. The van der Waals surface area contributed by atoms with Crippen LogP contribution in [0.3, 0.4) is 0 Å². The van der Waals surface area contributed by atoms with E-state index in [-0.39, 0.29) is 6.61 Å². The number of ether oxygens (including phenoxy) is 2. The lowest BCUT2D eigenvalue weighted by Gasteiger charge is -2.33. The maximum Gasteiger partial charge on any atom is 0.339 e. The summed E-state index contributed by atoms with van der Waals surface area (Å²) in [6, 6.07) is 26.8. The van der Waals surface area contributed by atoms with Crippen LogP contribution < -0.4 is 11.1 Å². The van der Waals surface area contributed by atoms with E-state index in [0.29, 0.717) is 38.5 Å². The zero-order valence-corrected chi connectivity index (χ0v) is 29.9. The standard InChI is InChI=1S/C38H40BrCl2N3O4/c1-2-44(31-12-7-4-8-13-31)23-26-20-29(22-30(39)21-26)37(45)48-36(42)28-18-16-25(17-19-28)24-47-38(46)34(27-10-5-3-6-11-27)43-35-32(40)14-9-15-33(35)41/h3,5-6,9-11,14-22,31,34,36,43H,2,4,7-8,12-13,23-24,42H2,1H3. The van der Waals surface area contributed by atoms with Crippen molar-refractivity contribution in [3.05, 3.63) is 133 Å². The molecule has 1 fully saturated rings. The second-order valence-electron chi connectivity index (χ2n) is 12.0. The largest absolute Gasteiger partial charge is 0.459 e. The normalized spacial score (nSPS) is 14.7. The van der Waals surface area contributed by atoms with Crippen molar-refractivity contribution >= 4 is 56.8 Å². The van der Waals surface area contributed by atoms with Crippen molar-refractivity contribution in [3.63, 3.8) is 0 Å². The molecule has 0 bridgehead atoms. The Hall–Kier alpha value is -3.40. The molecule has 10 heteroatoms. The summed E-state index contributed by atoms with van der Waals surface area (Å²) in [5.41, 5.74) is 10.3. The Kier molecular flexibility index (Phi) is 12.9. The molecule has 0 amide bonds. The van der Waals surface area contributed by atoms with Crippen LogP contribution >= 0.6 is 39.1 Å². The van der Waals surface area contributed by atoms with Gasteiger partial charge in [-0.25, -0.2) is 9.59 Å². The second kappa shape index (κ2) is 17.3. The van der Waals surface area contributed by atoms with Gasteiger partial charge in [0.1, 0.15) is 6.61 Å². The summed E-state index contributed by atoms with van der Waals surface area (Å²) in [5, 5.41) is 3.93. The van der Waals surface area contributed by atoms with Gasteiger partial charge in [0.05, 0.1) is 21.3 Å². The van der Waals surface area contributed by atoms with Gasteiger partial charge in [-0.2, -0.15) is 0 Å². The number of nitrogens with zero attached hydrogens (tertiary/aromatic N) is 1. The molecule has 252 valence electrons. The first-order valence-corrected chi connectivity index (χ1v) is 17.8. The van der Waals surface area contributed by atoms with Crippen molar-refractivity contribution in [2.45, 2.75) is 70.5 Å². The van der Waals surface area contributed by atoms with Crippen LogP contribution in [0.15, 0.2) is 95.5 Å². The Balaban J connectivity index is 1.19. The predicted molar refractivity (Wildman–Crippen MR) is 195 cm³/mol. The lowest BCUT2D eigenvalue weighted by Crippen LogP contribution is -2.36. The zero-order valence-electron chi connectivity index (χ0n) is 26.8. The minimum Gasteiger partial charge on any atom is -0.459 e. The molecule has 2 unspecified atom stereocenters. The monoisotopic (exact) mass is 751 g/mol. The summed E-state index contributed by atoms with van der Waals surface area (Å²) >= 11 is 16.3. The molecular formula is C38H40BrCl2N3O4. The fourth-order valence-electron chi connectivity index (χ4n) is 6.04. The number of para-hydroxylation sites is 1. The van der Waals surface area contributed by atoms with Crippen LogP contribution in [-0.2, 0) is 27.4 Å². The third-order valence-electron chi connectivity index (χ3n) is 8.62. The van der Waals surface area contributed by atoms with Crippen LogP contribution in [0.1, 0.15) is 83.9 Å². The summed E-state index contributed by atoms with van der Waals surface area (Å²) in [4.78, 5) is 29.0. The van der Waals surface area contributed by atoms with Gasteiger partial charge in [0.15, 0.2) is 12.3 Å². The molecule has 2 atom stereocenters. The van der Waals surface area contributed by atoms with E-state index < -0.39 is 24.2 Å². The van der Waals surface area contributed by atoms with Gasteiger partial charge in [-0.15, -0.1) is 0 Å². The lowest BCUT2D eigenvalue weighted by atomic mass is 9.94. The number of benzene rings is 4. The number of anilines is 1. The molecular weight excluding hydrogens is 713 g/mol. The summed E-state index contributed by atoms with van der Waals surface area (Å²) in [5.74, 6) is -0.997. The Morgan fingerprint density at radius 1 is 0.896 bits per heavy atom. The number of halogens is 3. The van der Waals surface area contributed by atoms with E-state index in [9.17, 15) is 9.59 Å². The minimum atomic E-state index is -0.974. The zero-order chi connectivity index (χ0) is 34.0. The van der Waals surface area contributed by atoms with Gasteiger partial charge in [0.2, 0.25) is 0 Å². The highest BCUT2D eigenvalue weighted by atomic mass is 79.9. The van der Waals surface area contributed by atoms with Gasteiger partial charge in [-0.3, -0.25) is 10.6 Å². The number of nitrogens with one attached hydrogen (secondary N) is 1. The van der Waals surface area contributed by atoms with Gasteiger partial charge < -0.3 is 14.8 Å². The van der Waals surface area contributed by atoms with E-state index in [1.807, 2.05) is 36.4 Å². The van der Waals surface area contributed by atoms with Gasteiger partial charge in [-0.1, -0.05) is 126 Å². The van der Waals surface area contributed by atoms with Crippen LogP contribution in [0.25, 0.3) is 0 Å². The number of hydrogen-bond donors (Lipinski definition) is 2. The average molecular weight is 754 g/mol. The van der Waals surface area contributed by atoms with Crippen LogP contribution in [-0.4, -0.2) is 29.4 Å². The first-order chi connectivity index (χ1) is 23.2. The van der Waals surface area contributed by atoms with E-state index in [1.165, 1.54) is 32.1 Å². The third kappa shape index (κ3) is 9.61. The van der Waals surface area contributed by atoms with Gasteiger partial charge >= 0.3 is 11.9 Å². The maximum atomic E-state index is 13.3. The number of nitrogens with two attached hydrogens (primary N) is 1. The Morgan fingerprint density at radius 2 is 1.58 bits per heavy atom. The van der Waals surface area contributed by atoms with Crippen molar-refractivity contribution in [2.75, 3.05) is 11.9 Å². The highest BCUT2D eigenvalue weighted by Crippen LogP contribution is 2.34. The highest BCUT2D eigenvalue weighted by molar-refractivity contribution is 9.10. The van der Waals surface area contributed by atoms with E-state index in [0.717, 1.165) is 28.7 Å². The SMILES string of the molecule is CCN(Cc1cc(Br)cc(C(=O)OC(N)c2ccc(COC(=O)C(Nc3c(Cl)cccc3Cl)c3ccccc3)cc2)c1)C1CCCCC1. The van der Waals surface area contributed by atoms with Crippen molar-refractivity contribution in [1.82, 2.24) is 4.90 Å². The molecule has 0 aliphatic heterocycles. The molecule has 0 aromatic heterocycles. The molecule has 0 heterocycles.